The molecule has 2 atom stereocenters. The number of hydrogen-bond acceptors (Lipinski definition) is 5. The lowest BCUT2D eigenvalue weighted by molar-refractivity contribution is 1.02. The van der Waals surface area contributed by atoms with E-state index in [9.17, 15) is 0 Å². The van der Waals surface area contributed by atoms with Gasteiger partial charge in [0, 0.05) is 45.8 Å². The van der Waals surface area contributed by atoms with Gasteiger partial charge in [0.1, 0.15) is 4.99 Å². The molecule has 2 aromatic rings. The fourth-order valence-corrected chi connectivity index (χ4v) is 6.49. The number of aliphatic imine (C=N–C) groups is 2. The summed E-state index contributed by atoms with van der Waals surface area (Å²) in [5.41, 5.74) is 8.51. The molecule has 2 nitrogen and oxygen atoms in total. The Morgan fingerprint density at radius 3 is 2.44 bits per heavy atom. The fraction of sp³-hybridized carbons (Fsp3) is 0.133. The summed E-state index contributed by atoms with van der Waals surface area (Å²) in [6.45, 7) is 0. The first-order valence-corrected chi connectivity index (χ1v) is 13.4. The molecule has 0 amide bonds. The van der Waals surface area contributed by atoms with Crippen molar-refractivity contribution < 1.29 is 0 Å². The SMILES string of the molecule is S=C1CC=CC=C1c1ccc2c(c1C1C(=S)C=Cc3ccccc31)C(C1=NC=CCC1=S)C(=S)N=C2. The molecule has 0 spiro atoms. The predicted octanol–water partition coefficient (Wildman–Crippen LogP) is 7.50. The topological polar surface area (TPSA) is 24.7 Å². The number of thiocarbonyl (C=S) groups is 4. The predicted molar refractivity (Wildman–Crippen MR) is 167 cm³/mol. The van der Waals surface area contributed by atoms with Crippen molar-refractivity contribution in [3.05, 3.63) is 106 Å². The molecular weight excluding hydrogens is 517 g/mol. The lowest BCUT2D eigenvalue weighted by Crippen LogP contribution is -2.32. The van der Waals surface area contributed by atoms with Gasteiger partial charge < -0.3 is 0 Å². The van der Waals surface area contributed by atoms with Gasteiger partial charge in [-0.25, -0.2) is 4.99 Å². The third-order valence-corrected chi connectivity index (χ3v) is 8.44. The molecule has 0 saturated carbocycles. The Morgan fingerprint density at radius 1 is 0.778 bits per heavy atom. The molecule has 2 heterocycles. The van der Waals surface area contributed by atoms with Crippen LogP contribution in [0, 0.1) is 0 Å². The molecule has 0 bridgehead atoms. The van der Waals surface area contributed by atoms with Crippen LogP contribution < -0.4 is 0 Å². The smallest absolute Gasteiger partial charge is 0.116 e. The zero-order valence-corrected chi connectivity index (χ0v) is 22.4. The minimum atomic E-state index is -0.318. The third kappa shape index (κ3) is 3.89. The van der Waals surface area contributed by atoms with Gasteiger partial charge in [-0.15, -0.1) is 0 Å². The van der Waals surface area contributed by atoms with Gasteiger partial charge in [0.2, 0.25) is 0 Å². The standard InChI is InChI=1S/C30H20N2S4/c33-22-9-4-3-8-20(22)21-13-11-18-16-32-30(36)28(29-24(35)10-5-15-31-29)25(18)27(21)26-19-7-2-1-6-17(19)12-14-23(26)34/h1-8,11-16,26,28H,9-10H2. The van der Waals surface area contributed by atoms with Gasteiger partial charge in [-0.05, 0) is 45.0 Å². The molecule has 0 aromatic heterocycles. The molecule has 4 aliphatic rings. The van der Waals surface area contributed by atoms with E-state index in [2.05, 4.69) is 71.8 Å². The van der Waals surface area contributed by atoms with Gasteiger partial charge in [0.05, 0.1) is 11.6 Å². The summed E-state index contributed by atoms with van der Waals surface area (Å²) in [6.07, 6.45) is 17.5. The maximum absolute atomic E-state index is 6.04. The van der Waals surface area contributed by atoms with Crippen LogP contribution in [0.2, 0.25) is 0 Å². The molecule has 2 aliphatic heterocycles. The van der Waals surface area contributed by atoms with E-state index in [1.807, 2.05) is 18.5 Å². The molecule has 0 radical (unpaired) electrons. The Bertz CT molecular complexity index is 1570. The van der Waals surface area contributed by atoms with E-state index < -0.39 is 0 Å². The minimum Gasteiger partial charge on any atom is -0.259 e. The van der Waals surface area contributed by atoms with Crippen molar-refractivity contribution >= 4 is 92.0 Å². The van der Waals surface area contributed by atoms with E-state index in [-0.39, 0.29) is 11.8 Å². The van der Waals surface area contributed by atoms with Crippen LogP contribution >= 0.6 is 48.9 Å². The highest BCUT2D eigenvalue weighted by molar-refractivity contribution is 7.82. The second-order valence-corrected chi connectivity index (χ2v) is 10.9. The van der Waals surface area contributed by atoms with Crippen LogP contribution in [0.25, 0.3) is 11.6 Å². The number of rotatable bonds is 3. The molecule has 2 aromatic carbocycles. The second kappa shape index (κ2) is 9.52. The first kappa shape index (κ1) is 23.5. The molecule has 174 valence electrons. The van der Waals surface area contributed by atoms with Crippen LogP contribution in [0.3, 0.4) is 0 Å². The van der Waals surface area contributed by atoms with E-state index in [0.29, 0.717) is 11.4 Å². The lowest BCUT2D eigenvalue weighted by Gasteiger charge is -2.34. The van der Waals surface area contributed by atoms with Crippen molar-refractivity contribution in [1.82, 2.24) is 0 Å². The highest BCUT2D eigenvalue weighted by Gasteiger charge is 2.38. The highest BCUT2D eigenvalue weighted by atomic mass is 32.1. The average Bonchev–Trinajstić information content (AvgIpc) is 2.89. The summed E-state index contributed by atoms with van der Waals surface area (Å²) in [5, 5.41) is 0. The Hall–Kier alpha value is -2.90. The normalized spacial score (nSPS) is 22.3. The molecule has 6 heteroatoms. The van der Waals surface area contributed by atoms with Crippen molar-refractivity contribution in [1.29, 1.82) is 0 Å². The second-order valence-electron chi connectivity index (χ2n) is 9.02. The largest absolute Gasteiger partial charge is 0.259 e. The van der Waals surface area contributed by atoms with Crippen molar-refractivity contribution in [2.24, 2.45) is 9.98 Å². The zero-order chi connectivity index (χ0) is 24.8. The van der Waals surface area contributed by atoms with Crippen molar-refractivity contribution in [2.75, 3.05) is 0 Å². The van der Waals surface area contributed by atoms with Crippen LogP contribution in [0.1, 0.15) is 58.1 Å². The van der Waals surface area contributed by atoms with Crippen LogP contribution in [0.15, 0.2) is 83.0 Å². The Labute approximate surface area is 232 Å². The average molecular weight is 537 g/mol. The van der Waals surface area contributed by atoms with Gasteiger partial charge in [-0.2, -0.15) is 0 Å². The molecule has 0 saturated heterocycles. The monoisotopic (exact) mass is 536 g/mol. The van der Waals surface area contributed by atoms with Crippen molar-refractivity contribution in [2.45, 2.75) is 24.7 Å². The number of fused-ring (bicyclic) bond motifs is 2. The summed E-state index contributed by atoms with van der Waals surface area (Å²) in [5.74, 6) is -0.451. The minimum absolute atomic E-state index is 0.133. The third-order valence-electron chi connectivity index (χ3n) is 6.97. The number of nitrogens with zero attached hydrogens (tertiary/aromatic N) is 2. The molecule has 6 rings (SSSR count). The Balaban J connectivity index is 1.70. The summed E-state index contributed by atoms with van der Waals surface area (Å²) >= 11 is 23.5. The number of allylic oxidation sites excluding steroid dienone is 6. The Kier molecular flexibility index (Phi) is 6.21. The van der Waals surface area contributed by atoms with E-state index in [4.69, 9.17) is 53.9 Å². The summed E-state index contributed by atoms with van der Waals surface area (Å²) < 4.78 is 0. The summed E-state index contributed by atoms with van der Waals surface area (Å²) in [7, 11) is 0. The van der Waals surface area contributed by atoms with E-state index >= 15 is 0 Å². The molecule has 36 heavy (non-hydrogen) atoms. The van der Waals surface area contributed by atoms with Gasteiger partial charge in [0.25, 0.3) is 0 Å². The van der Waals surface area contributed by atoms with E-state index in [1.165, 1.54) is 5.56 Å². The first-order valence-electron chi connectivity index (χ1n) is 11.8. The van der Waals surface area contributed by atoms with Crippen LogP contribution in [0.4, 0.5) is 0 Å². The van der Waals surface area contributed by atoms with E-state index in [1.54, 1.807) is 0 Å². The quantitative estimate of drug-likeness (QED) is 0.379. The first-order chi connectivity index (χ1) is 17.5. The van der Waals surface area contributed by atoms with Gasteiger partial charge >= 0.3 is 0 Å². The van der Waals surface area contributed by atoms with Gasteiger partial charge in [-0.3, -0.25) is 4.99 Å². The molecule has 2 unspecified atom stereocenters. The summed E-state index contributed by atoms with van der Waals surface area (Å²) in [6, 6.07) is 12.7. The van der Waals surface area contributed by atoms with Crippen molar-refractivity contribution in [3.8, 4) is 0 Å². The molecule has 0 fully saturated rings. The van der Waals surface area contributed by atoms with Crippen molar-refractivity contribution in [3.63, 3.8) is 0 Å². The number of benzene rings is 2. The van der Waals surface area contributed by atoms with Gasteiger partial charge in [-0.1, -0.05) is 116 Å². The highest BCUT2D eigenvalue weighted by Crippen LogP contribution is 2.45. The molecule has 0 N–H and O–H groups in total. The lowest BCUT2D eigenvalue weighted by atomic mass is 9.71. The van der Waals surface area contributed by atoms with Gasteiger partial charge in [0.15, 0.2) is 0 Å². The Morgan fingerprint density at radius 2 is 1.61 bits per heavy atom. The maximum Gasteiger partial charge on any atom is 0.116 e. The maximum atomic E-state index is 6.04. The zero-order valence-electron chi connectivity index (χ0n) is 19.2. The number of hydrogen-bond donors (Lipinski definition) is 0. The summed E-state index contributed by atoms with van der Waals surface area (Å²) in [4.78, 5) is 12.5. The fourth-order valence-electron chi connectivity index (χ4n) is 5.35. The van der Waals surface area contributed by atoms with Crippen LogP contribution in [0.5, 0.6) is 0 Å². The molecular formula is C30H20N2S4. The van der Waals surface area contributed by atoms with Crippen LogP contribution in [-0.2, 0) is 0 Å². The van der Waals surface area contributed by atoms with Crippen LogP contribution in [-0.4, -0.2) is 31.5 Å². The van der Waals surface area contributed by atoms with E-state index in [0.717, 1.165) is 60.1 Å². The molecule has 2 aliphatic carbocycles.